The maximum Gasteiger partial charge on any atom is 0.150 e. The molecule has 10 heteroatoms. The highest BCUT2D eigenvalue weighted by atomic mass is 19.1. The molecule has 0 spiro atoms. The zero-order chi connectivity index (χ0) is 24.5. The Labute approximate surface area is 208 Å². The summed E-state index contributed by atoms with van der Waals surface area (Å²) in [7, 11) is 0. The molecule has 2 fully saturated rings. The molecule has 6 rings (SSSR count). The molecule has 0 aromatic carbocycles. The van der Waals surface area contributed by atoms with Crippen LogP contribution in [0.25, 0.3) is 33.5 Å². The minimum atomic E-state index is -0.460. The second-order valence-corrected chi connectivity index (χ2v) is 9.34. The maximum atomic E-state index is 12.9. The van der Waals surface area contributed by atoms with Crippen LogP contribution in [-0.4, -0.2) is 68.6 Å². The molecule has 2 atom stereocenters. The third-order valence-corrected chi connectivity index (χ3v) is 6.93. The van der Waals surface area contributed by atoms with Gasteiger partial charge in [0.15, 0.2) is 6.23 Å². The van der Waals surface area contributed by atoms with Gasteiger partial charge in [-0.05, 0) is 50.5 Å². The number of ether oxygens (including phenoxy) is 2. The molecule has 9 nitrogen and oxygen atoms in total. The fraction of sp³-hybridized carbons (Fsp3) is 0.462. The molecule has 0 N–H and O–H groups in total. The van der Waals surface area contributed by atoms with Gasteiger partial charge in [-0.25, -0.2) is 14.1 Å². The van der Waals surface area contributed by atoms with Crippen LogP contribution in [0.15, 0.2) is 42.9 Å². The Morgan fingerprint density at radius 1 is 1.14 bits per heavy atom. The van der Waals surface area contributed by atoms with E-state index in [1.54, 1.807) is 17.1 Å². The standard InChI is InChI=1S/C26H30FN7O2/c1-18-17-35-15-13-33(18)26-20(21-7-11-32(31-21)12-8-27)16-19-5-9-28-25(24(19)30-26)22-6-10-29-34(22)23-4-2-3-14-36-23/h5-7,9-11,16,18,23H,2-4,8,12-15,17H2,1H3/t18-,23?/m1/s1. The fourth-order valence-electron chi connectivity index (χ4n) is 5.09. The predicted molar refractivity (Wildman–Crippen MR) is 134 cm³/mol. The highest BCUT2D eigenvalue weighted by Gasteiger charge is 2.27. The first kappa shape index (κ1) is 23.1. The molecular formula is C26H30FN7O2. The Hall–Kier alpha value is -3.37. The quantitative estimate of drug-likeness (QED) is 0.399. The molecule has 2 aliphatic heterocycles. The Kier molecular flexibility index (Phi) is 6.37. The zero-order valence-electron chi connectivity index (χ0n) is 20.4. The summed E-state index contributed by atoms with van der Waals surface area (Å²) in [6.07, 6.45) is 8.43. The highest BCUT2D eigenvalue weighted by Crippen LogP contribution is 2.37. The van der Waals surface area contributed by atoms with Gasteiger partial charge in [-0.15, -0.1) is 0 Å². The molecular weight excluding hydrogens is 461 g/mol. The van der Waals surface area contributed by atoms with Crippen LogP contribution in [-0.2, 0) is 16.0 Å². The van der Waals surface area contributed by atoms with Crippen molar-refractivity contribution in [3.05, 3.63) is 42.9 Å². The topological polar surface area (TPSA) is 83.1 Å². The summed E-state index contributed by atoms with van der Waals surface area (Å²) in [5.41, 5.74) is 4.15. The van der Waals surface area contributed by atoms with Crippen LogP contribution in [0, 0.1) is 0 Å². The third kappa shape index (κ3) is 4.24. The molecule has 1 unspecified atom stereocenters. The lowest BCUT2D eigenvalue weighted by Crippen LogP contribution is -2.44. The van der Waals surface area contributed by atoms with Crippen LogP contribution < -0.4 is 4.90 Å². The first-order valence-corrected chi connectivity index (χ1v) is 12.6. The van der Waals surface area contributed by atoms with Gasteiger partial charge in [0.2, 0.25) is 0 Å². The molecule has 0 amide bonds. The van der Waals surface area contributed by atoms with E-state index in [0.29, 0.717) is 13.2 Å². The molecule has 0 aliphatic carbocycles. The van der Waals surface area contributed by atoms with Gasteiger partial charge in [0.05, 0.1) is 37.2 Å². The van der Waals surface area contributed by atoms with E-state index >= 15 is 0 Å². The number of anilines is 1. The number of halogens is 1. The Balaban J connectivity index is 1.51. The number of rotatable bonds is 6. The van der Waals surface area contributed by atoms with Gasteiger partial charge in [0.1, 0.15) is 23.7 Å². The smallest absolute Gasteiger partial charge is 0.150 e. The molecule has 4 aromatic rings. The monoisotopic (exact) mass is 491 g/mol. The summed E-state index contributed by atoms with van der Waals surface area (Å²) in [6, 6.07) is 8.13. The van der Waals surface area contributed by atoms with E-state index in [4.69, 9.17) is 19.4 Å². The van der Waals surface area contributed by atoms with E-state index in [0.717, 1.165) is 71.8 Å². The lowest BCUT2D eigenvalue weighted by molar-refractivity contribution is -0.0383. The van der Waals surface area contributed by atoms with Crippen molar-refractivity contribution in [3.63, 3.8) is 0 Å². The lowest BCUT2D eigenvalue weighted by Gasteiger charge is -2.35. The summed E-state index contributed by atoms with van der Waals surface area (Å²) in [4.78, 5) is 12.3. The van der Waals surface area contributed by atoms with Crippen LogP contribution in [0.2, 0.25) is 0 Å². The van der Waals surface area contributed by atoms with Gasteiger partial charge in [-0.2, -0.15) is 10.2 Å². The summed E-state index contributed by atoms with van der Waals surface area (Å²) < 4.78 is 28.2. The molecule has 6 heterocycles. The van der Waals surface area contributed by atoms with Crippen molar-refractivity contribution in [2.75, 3.05) is 37.9 Å². The lowest BCUT2D eigenvalue weighted by atomic mass is 10.1. The van der Waals surface area contributed by atoms with E-state index in [9.17, 15) is 4.39 Å². The number of pyridine rings is 2. The second kappa shape index (κ2) is 9.94. The van der Waals surface area contributed by atoms with Crippen molar-refractivity contribution < 1.29 is 13.9 Å². The number of nitrogens with zero attached hydrogens (tertiary/aromatic N) is 7. The minimum absolute atomic E-state index is 0.0988. The minimum Gasteiger partial charge on any atom is -0.377 e. The summed E-state index contributed by atoms with van der Waals surface area (Å²) in [6.45, 7) is 4.62. The molecule has 0 bridgehead atoms. The number of hydrogen-bond acceptors (Lipinski definition) is 7. The molecule has 0 radical (unpaired) electrons. The molecule has 0 saturated carbocycles. The molecule has 188 valence electrons. The maximum absolute atomic E-state index is 12.9. The van der Waals surface area contributed by atoms with E-state index in [1.165, 1.54) is 0 Å². The van der Waals surface area contributed by atoms with Gasteiger partial charge in [0.25, 0.3) is 0 Å². The second-order valence-electron chi connectivity index (χ2n) is 9.34. The van der Waals surface area contributed by atoms with E-state index < -0.39 is 6.67 Å². The molecule has 4 aromatic heterocycles. The predicted octanol–water partition coefficient (Wildman–Crippen LogP) is 4.25. The number of aryl methyl sites for hydroxylation is 1. The summed E-state index contributed by atoms with van der Waals surface area (Å²) in [5, 5.41) is 10.2. The third-order valence-electron chi connectivity index (χ3n) is 6.93. The summed E-state index contributed by atoms with van der Waals surface area (Å²) >= 11 is 0. The van der Waals surface area contributed by atoms with Crippen LogP contribution >= 0.6 is 0 Å². The first-order chi connectivity index (χ1) is 17.7. The van der Waals surface area contributed by atoms with Crippen molar-refractivity contribution in [2.24, 2.45) is 0 Å². The van der Waals surface area contributed by atoms with Crippen LogP contribution in [0.1, 0.15) is 32.4 Å². The average Bonchev–Trinajstić information content (AvgIpc) is 3.59. The van der Waals surface area contributed by atoms with Crippen molar-refractivity contribution in [3.8, 4) is 22.6 Å². The Morgan fingerprint density at radius 3 is 2.92 bits per heavy atom. The number of fused-ring (bicyclic) bond motifs is 1. The van der Waals surface area contributed by atoms with E-state index in [-0.39, 0.29) is 18.8 Å². The van der Waals surface area contributed by atoms with Gasteiger partial charge < -0.3 is 14.4 Å². The SMILES string of the molecule is C[C@@H]1COCCN1c1nc2c(-c3ccnn3C3CCCCO3)nccc2cc1-c1ccn(CCF)n1. The van der Waals surface area contributed by atoms with Gasteiger partial charge in [-0.1, -0.05) is 0 Å². The first-order valence-electron chi connectivity index (χ1n) is 12.6. The fourth-order valence-corrected chi connectivity index (χ4v) is 5.09. The average molecular weight is 492 g/mol. The summed E-state index contributed by atoms with van der Waals surface area (Å²) in [5.74, 6) is 0.832. The van der Waals surface area contributed by atoms with Crippen molar-refractivity contribution >= 4 is 16.7 Å². The molecule has 2 aliphatic rings. The van der Waals surface area contributed by atoms with E-state index in [1.807, 2.05) is 29.1 Å². The largest absolute Gasteiger partial charge is 0.377 e. The van der Waals surface area contributed by atoms with Gasteiger partial charge in [-0.3, -0.25) is 9.67 Å². The number of alkyl halides is 1. The highest BCUT2D eigenvalue weighted by molar-refractivity contribution is 5.95. The zero-order valence-corrected chi connectivity index (χ0v) is 20.4. The number of hydrogen-bond donors (Lipinski definition) is 0. The van der Waals surface area contributed by atoms with Crippen molar-refractivity contribution in [1.29, 1.82) is 0 Å². The molecule has 2 saturated heterocycles. The Morgan fingerprint density at radius 2 is 2.08 bits per heavy atom. The normalized spacial score (nSPS) is 20.8. The van der Waals surface area contributed by atoms with Crippen LogP contribution in [0.3, 0.4) is 0 Å². The number of aromatic nitrogens is 6. The number of morpholine rings is 1. The van der Waals surface area contributed by atoms with Gasteiger partial charge >= 0.3 is 0 Å². The van der Waals surface area contributed by atoms with Crippen molar-refractivity contribution in [2.45, 2.75) is 45.0 Å². The molecule has 36 heavy (non-hydrogen) atoms. The Bertz CT molecular complexity index is 1350. The van der Waals surface area contributed by atoms with Crippen LogP contribution in [0.5, 0.6) is 0 Å². The van der Waals surface area contributed by atoms with Gasteiger partial charge in [0, 0.05) is 42.7 Å². The van der Waals surface area contributed by atoms with Crippen molar-refractivity contribution in [1.82, 2.24) is 29.5 Å². The van der Waals surface area contributed by atoms with E-state index in [2.05, 4.69) is 28.1 Å². The van der Waals surface area contributed by atoms with Crippen LogP contribution in [0.4, 0.5) is 10.2 Å².